The Kier molecular flexibility index (Phi) is 5.70. The molecule has 1 atom stereocenters. The third-order valence-electron chi connectivity index (χ3n) is 3.63. The van der Waals surface area contributed by atoms with Crippen LogP contribution in [0.3, 0.4) is 0 Å². The van der Waals surface area contributed by atoms with Gasteiger partial charge in [-0.15, -0.1) is 10.2 Å². The number of hydrogen-bond acceptors (Lipinski definition) is 4. The number of para-hydroxylation sites is 1. The predicted octanol–water partition coefficient (Wildman–Crippen LogP) is 1.62. The summed E-state index contributed by atoms with van der Waals surface area (Å²) in [7, 11) is 0. The third-order valence-corrected chi connectivity index (χ3v) is 3.63. The van der Waals surface area contributed by atoms with E-state index < -0.39 is 5.54 Å². The Morgan fingerprint density at radius 1 is 1.35 bits per heavy atom. The Balaban J connectivity index is 1.97. The molecular weight excluding hydrogens is 294 g/mol. The van der Waals surface area contributed by atoms with Gasteiger partial charge in [0.25, 0.3) is 0 Å². The van der Waals surface area contributed by atoms with Crippen LogP contribution in [0, 0.1) is 0 Å². The summed E-state index contributed by atoms with van der Waals surface area (Å²) in [6.07, 6.45) is 3.19. The first-order valence-corrected chi connectivity index (χ1v) is 7.69. The Bertz CT molecular complexity index is 628. The lowest BCUT2D eigenvalue weighted by molar-refractivity contribution is 0.163. The van der Waals surface area contributed by atoms with Gasteiger partial charge in [0.1, 0.15) is 6.33 Å². The minimum Gasteiger partial charge on any atom is -0.394 e. The lowest BCUT2D eigenvalue weighted by atomic mass is 9.98. The number of nitrogens with one attached hydrogen (secondary N) is 2. The number of hydrogen-bond donors (Lipinski definition) is 3. The van der Waals surface area contributed by atoms with Crippen molar-refractivity contribution in [1.29, 1.82) is 0 Å². The molecule has 2 rings (SSSR count). The molecule has 1 unspecified atom stereocenters. The number of benzene rings is 1. The first kappa shape index (κ1) is 17.0. The fourth-order valence-corrected chi connectivity index (χ4v) is 2.39. The number of rotatable bonds is 7. The second-order valence-electron chi connectivity index (χ2n) is 5.73. The summed E-state index contributed by atoms with van der Waals surface area (Å²) in [5.41, 5.74) is 0.312. The molecule has 3 N–H and O–H groups in total. The summed E-state index contributed by atoms with van der Waals surface area (Å²) in [5, 5.41) is 22.9. The molecule has 0 spiro atoms. The van der Waals surface area contributed by atoms with Crippen LogP contribution in [0.25, 0.3) is 5.69 Å². The van der Waals surface area contributed by atoms with Gasteiger partial charge in [-0.05, 0) is 25.5 Å². The van der Waals surface area contributed by atoms with E-state index in [4.69, 9.17) is 0 Å². The van der Waals surface area contributed by atoms with Crippen molar-refractivity contribution in [2.24, 2.45) is 0 Å². The number of aromatic nitrogens is 3. The van der Waals surface area contributed by atoms with E-state index in [1.54, 1.807) is 6.33 Å². The van der Waals surface area contributed by atoms with Crippen molar-refractivity contribution in [2.45, 2.75) is 38.8 Å². The van der Waals surface area contributed by atoms with Gasteiger partial charge in [-0.1, -0.05) is 31.5 Å². The summed E-state index contributed by atoms with van der Waals surface area (Å²) in [6.45, 7) is 3.97. The van der Waals surface area contributed by atoms with Crippen LogP contribution >= 0.6 is 0 Å². The minimum absolute atomic E-state index is 0.103. The molecule has 2 amide bonds. The smallest absolute Gasteiger partial charge is 0.315 e. The van der Waals surface area contributed by atoms with Crippen LogP contribution in [-0.2, 0) is 6.54 Å². The number of aliphatic hydroxyl groups excluding tert-OH is 1. The minimum atomic E-state index is -0.619. The molecule has 1 heterocycles. The second kappa shape index (κ2) is 7.73. The van der Waals surface area contributed by atoms with E-state index in [0.717, 1.165) is 12.1 Å². The van der Waals surface area contributed by atoms with E-state index in [9.17, 15) is 9.90 Å². The molecule has 1 aromatic carbocycles. The van der Waals surface area contributed by atoms with Gasteiger partial charge < -0.3 is 15.7 Å². The monoisotopic (exact) mass is 317 g/mol. The molecule has 7 heteroatoms. The number of urea groups is 1. The van der Waals surface area contributed by atoms with Gasteiger partial charge in [-0.2, -0.15) is 0 Å². The van der Waals surface area contributed by atoms with E-state index in [0.29, 0.717) is 12.2 Å². The van der Waals surface area contributed by atoms with Gasteiger partial charge in [0.05, 0.1) is 18.7 Å². The van der Waals surface area contributed by atoms with Crippen LogP contribution in [0.4, 0.5) is 4.79 Å². The van der Waals surface area contributed by atoms with E-state index >= 15 is 0 Å². The molecule has 1 aromatic heterocycles. The Morgan fingerprint density at radius 3 is 2.74 bits per heavy atom. The number of amides is 2. The average Bonchev–Trinajstić information content (AvgIpc) is 3.02. The van der Waals surface area contributed by atoms with Gasteiger partial charge in [-0.25, -0.2) is 4.79 Å². The normalized spacial score (nSPS) is 13.3. The second-order valence-corrected chi connectivity index (χ2v) is 5.73. The Labute approximate surface area is 135 Å². The van der Waals surface area contributed by atoms with Crippen molar-refractivity contribution in [2.75, 3.05) is 6.61 Å². The summed E-state index contributed by atoms with van der Waals surface area (Å²) >= 11 is 0. The molecule has 0 aliphatic carbocycles. The molecule has 0 saturated heterocycles. The molecule has 0 aliphatic rings. The van der Waals surface area contributed by atoms with Crippen LogP contribution in [-0.4, -0.2) is 38.0 Å². The van der Waals surface area contributed by atoms with Gasteiger partial charge in [0.15, 0.2) is 5.82 Å². The average molecular weight is 317 g/mol. The highest BCUT2D eigenvalue weighted by Gasteiger charge is 2.24. The highest BCUT2D eigenvalue weighted by atomic mass is 16.3. The summed E-state index contributed by atoms with van der Waals surface area (Å²) in [5.74, 6) is 0.632. The maximum absolute atomic E-state index is 12.0. The van der Waals surface area contributed by atoms with Crippen LogP contribution < -0.4 is 10.6 Å². The standard InChI is InChI=1S/C16H23N5O2/c1-3-9-16(2,11-22)19-15(23)17-10-14-20-18-12-21(14)13-7-5-4-6-8-13/h4-8,12,22H,3,9-11H2,1-2H3,(H2,17,19,23). The number of carbonyl (C=O) groups is 1. The van der Waals surface area contributed by atoms with E-state index in [1.807, 2.05) is 48.7 Å². The van der Waals surface area contributed by atoms with Gasteiger partial charge in [0, 0.05) is 5.69 Å². The molecule has 23 heavy (non-hydrogen) atoms. The first-order chi connectivity index (χ1) is 11.1. The molecular formula is C16H23N5O2. The van der Waals surface area contributed by atoms with Crippen molar-refractivity contribution >= 4 is 6.03 Å². The number of nitrogens with zero attached hydrogens (tertiary/aromatic N) is 3. The van der Waals surface area contributed by atoms with Gasteiger partial charge >= 0.3 is 6.03 Å². The van der Waals surface area contributed by atoms with Gasteiger partial charge in [-0.3, -0.25) is 4.57 Å². The van der Waals surface area contributed by atoms with Crippen molar-refractivity contribution < 1.29 is 9.90 Å². The highest BCUT2D eigenvalue weighted by Crippen LogP contribution is 2.11. The molecule has 7 nitrogen and oxygen atoms in total. The van der Waals surface area contributed by atoms with Crippen molar-refractivity contribution in [3.63, 3.8) is 0 Å². The van der Waals surface area contributed by atoms with Crippen molar-refractivity contribution in [1.82, 2.24) is 25.4 Å². The fraction of sp³-hybridized carbons (Fsp3) is 0.438. The molecule has 0 bridgehead atoms. The van der Waals surface area contributed by atoms with E-state index in [-0.39, 0.29) is 19.2 Å². The van der Waals surface area contributed by atoms with Crippen LogP contribution in [0.5, 0.6) is 0 Å². The SMILES string of the molecule is CCCC(C)(CO)NC(=O)NCc1nncn1-c1ccccc1. The van der Waals surface area contributed by atoms with Gasteiger partial charge in [0.2, 0.25) is 0 Å². The largest absolute Gasteiger partial charge is 0.394 e. The lowest BCUT2D eigenvalue weighted by Gasteiger charge is -2.28. The third kappa shape index (κ3) is 4.53. The Hall–Kier alpha value is -2.41. The zero-order chi connectivity index (χ0) is 16.7. The number of carbonyl (C=O) groups excluding carboxylic acids is 1. The molecule has 2 aromatic rings. The zero-order valence-electron chi connectivity index (χ0n) is 13.5. The molecule has 0 aliphatic heterocycles. The number of aliphatic hydroxyl groups is 1. The van der Waals surface area contributed by atoms with E-state index in [1.165, 1.54) is 0 Å². The topological polar surface area (TPSA) is 92.1 Å². The summed E-state index contributed by atoms with van der Waals surface area (Å²) in [4.78, 5) is 12.0. The molecule has 0 radical (unpaired) electrons. The lowest BCUT2D eigenvalue weighted by Crippen LogP contribution is -2.52. The van der Waals surface area contributed by atoms with Crippen LogP contribution in [0.1, 0.15) is 32.5 Å². The zero-order valence-corrected chi connectivity index (χ0v) is 13.5. The van der Waals surface area contributed by atoms with Crippen LogP contribution in [0.2, 0.25) is 0 Å². The molecule has 124 valence electrons. The summed E-state index contributed by atoms with van der Waals surface area (Å²) < 4.78 is 1.82. The van der Waals surface area contributed by atoms with Crippen LogP contribution in [0.15, 0.2) is 36.7 Å². The van der Waals surface area contributed by atoms with Crippen molar-refractivity contribution in [3.8, 4) is 5.69 Å². The fourth-order valence-electron chi connectivity index (χ4n) is 2.39. The molecule has 0 fully saturated rings. The maximum atomic E-state index is 12.0. The maximum Gasteiger partial charge on any atom is 0.315 e. The predicted molar refractivity (Wildman–Crippen MR) is 87.1 cm³/mol. The van der Waals surface area contributed by atoms with E-state index in [2.05, 4.69) is 20.8 Å². The quantitative estimate of drug-likeness (QED) is 0.723. The Morgan fingerprint density at radius 2 is 2.09 bits per heavy atom. The first-order valence-electron chi connectivity index (χ1n) is 7.69. The molecule has 0 saturated carbocycles. The highest BCUT2D eigenvalue weighted by molar-refractivity contribution is 5.74. The summed E-state index contributed by atoms with van der Waals surface area (Å²) in [6, 6.07) is 9.34. The van der Waals surface area contributed by atoms with Crippen molar-refractivity contribution in [3.05, 3.63) is 42.5 Å².